The van der Waals surface area contributed by atoms with Crippen LogP contribution in [0.3, 0.4) is 0 Å². The topological polar surface area (TPSA) is 39.2 Å². The van der Waals surface area contributed by atoms with E-state index in [2.05, 4.69) is 26.0 Å². The summed E-state index contributed by atoms with van der Waals surface area (Å²) in [6, 6.07) is 12.2. The fraction of sp³-hybridized carbons (Fsp3) is 0.286. The first-order valence-corrected chi connectivity index (χ1v) is 5.63. The summed E-state index contributed by atoms with van der Waals surface area (Å²) in [6.07, 6.45) is 0.890. The van der Waals surface area contributed by atoms with E-state index in [1.165, 1.54) is 5.56 Å². The molecule has 0 radical (unpaired) electrons. The second kappa shape index (κ2) is 4.54. The molecule has 2 heteroatoms. The lowest BCUT2D eigenvalue weighted by molar-refractivity contribution is 0.470. The van der Waals surface area contributed by atoms with Crippen LogP contribution in [0, 0.1) is 6.92 Å². The highest BCUT2D eigenvalue weighted by Gasteiger charge is 2.10. The van der Waals surface area contributed by atoms with Gasteiger partial charge in [0.25, 0.3) is 0 Å². The lowest BCUT2D eigenvalue weighted by atomic mass is 10.1. The van der Waals surface area contributed by atoms with Crippen molar-refractivity contribution in [3.05, 3.63) is 47.7 Å². The highest BCUT2D eigenvalue weighted by atomic mass is 16.3. The molecule has 2 N–H and O–H groups in total. The predicted molar refractivity (Wildman–Crippen MR) is 66.1 cm³/mol. The molecule has 1 aromatic heterocycles. The molecular formula is C14H17NO. The van der Waals surface area contributed by atoms with Gasteiger partial charge in [0.05, 0.1) is 6.04 Å². The van der Waals surface area contributed by atoms with Gasteiger partial charge in [-0.3, -0.25) is 0 Å². The van der Waals surface area contributed by atoms with E-state index >= 15 is 0 Å². The monoisotopic (exact) mass is 215 g/mol. The van der Waals surface area contributed by atoms with E-state index in [0.717, 1.165) is 23.5 Å². The van der Waals surface area contributed by atoms with Crippen molar-refractivity contribution in [3.8, 4) is 11.3 Å². The smallest absolute Gasteiger partial charge is 0.134 e. The van der Waals surface area contributed by atoms with Gasteiger partial charge in [0.2, 0.25) is 0 Å². The molecule has 0 amide bonds. The van der Waals surface area contributed by atoms with Crippen molar-refractivity contribution < 1.29 is 4.42 Å². The molecular weight excluding hydrogens is 198 g/mol. The summed E-state index contributed by atoms with van der Waals surface area (Å²) in [5.41, 5.74) is 8.28. The largest absolute Gasteiger partial charge is 0.459 e. The van der Waals surface area contributed by atoms with Crippen LogP contribution >= 0.6 is 0 Å². The molecule has 0 spiro atoms. The van der Waals surface area contributed by atoms with Crippen molar-refractivity contribution in [2.24, 2.45) is 5.73 Å². The standard InChI is InChI=1S/C14H17NO/c1-3-12(15)14-9-8-13(16-14)11-7-5-4-6-10(11)2/h4-9,12H,3,15H2,1-2H3. The molecule has 0 aliphatic carbocycles. The number of benzene rings is 1. The second-order valence-corrected chi connectivity index (χ2v) is 4.03. The molecule has 2 aromatic rings. The Morgan fingerprint density at radius 2 is 1.94 bits per heavy atom. The maximum atomic E-state index is 5.93. The number of aryl methyl sites for hydroxylation is 1. The van der Waals surface area contributed by atoms with Gasteiger partial charge in [0, 0.05) is 5.56 Å². The lowest BCUT2D eigenvalue weighted by Gasteiger charge is -2.05. The van der Waals surface area contributed by atoms with E-state index in [4.69, 9.17) is 10.2 Å². The Morgan fingerprint density at radius 3 is 2.62 bits per heavy atom. The van der Waals surface area contributed by atoms with Crippen LogP contribution in [0.4, 0.5) is 0 Å². The first-order chi connectivity index (χ1) is 7.72. The van der Waals surface area contributed by atoms with E-state index in [-0.39, 0.29) is 6.04 Å². The van der Waals surface area contributed by atoms with Crippen LogP contribution in [-0.4, -0.2) is 0 Å². The average molecular weight is 215 g/mol. The average Bonchev–Trinajstić information content (AvgIpc) is 2.78. The van der Waals surface area contributed by atoms with Gasteiger partial charge in [-0.05, 0) is 31.0 Å². The zero-order valence-electron chi connectivity index (χ0n) is 9.73. The number of hydrogen-bond donors (Lipinski definition) is 1. The number of nitrogens with two attached hydrogens (primary N) is 1. The van der Waals surface area contributed by atoms with Crippen LogP contribution in [0.15, 0.2) is 40.8 Å². The Bertz CT molecular complexity index is 473. The summed E-state index contributed by atoms with van der Waals surface area (Å²) in [7, 11) is 0. The van der Waals surface area contributed by atoms with Crippen LogP contribution in [0.1, 0.15) is 30.7 Å². The van der Waals surface area contributed by atoms with Gasteiger partial charge in [-0.25, -0.2) is 0 Å². The minimum absolute atomic E-state index is 0.00207. The van der Waals surface area contributed by atoms with E-state index in [9.17, 15) is 0 Å². The van der Waals surface area contributed by atoms with Crippen molar-refractivity contribution in [1.82, 2.24) is 0 Å². The SMILES string of the molecule is CCC(N)c1ccc(-c2ccccc2C)o1. The van der Waals surface area contributed by atoms with Crippen LogP contribution in [0.2, 0.25) is 0 Å². The zero-order chi connectivity index (χ0) is 11.5. The fourth-order valence-corrected chi connectivity index (χ4v) is 1.75. The van der Waals surface area contributed by atoms with Gasteiger partial charge in [-0.2, -0.15) is 0 Å². The minimum Gasteiger partial charge on any atom is -0.459 e. The molecule has 0 saturated heterocycles. The maximum Gasteiger partial charge on any atom is 0.134 e. The van der Waals surface area contributed by atoms with Crippen LogP contribution in [0.5, 0.6) is 0 Å². The van der Waals surface area contributed by atoms with Crippen molar-refractivity contribution in [3.63, 3.8) is 0 Å². The summed E-state index contributed by atoms with van der Waals surface area (Å²) in [5, 5.41) is 0. The number of hydrogen-bond acceptors (Lipinski definition) is 2. The zero-order valence-corrected chi connectivity index (χ0v) is 9.73. The van der Waals surface area contributed by atoms with Gasteiger partial charge in [0.1, 0.15) is 11.5 Å². The van der Waals surface area contributed by atoms with Crippen LogP contribution < -0.4 is 5.73 Å². The van der Waals surface area contributed by atoms with E-state index in [1.807, 2.05) is 24.3 Å². The number of furan rings is 1. The first kappa shape index (κ1) is 11.0. The van der Waals surface area contributed by atoms with Gasteiger partial charge in [-0.15, -0.1) is 0 Å². The molecule has 1 unspecified atom stereocenters. The third-order valence-corrected chi connectivity index (χ3v) is 2.84. The Morgan fingerprint density at radius 1 is 1.19 bits per heavy atom. The van der Waals surface area contributed by atoms with Crippen molar-refractivity contribution >= 4 is 0 Å². The Labute approximate surface area is 96.1 Å². The molecule has 1 atom stereocenters. The molecule has 0 aliphatic heterocycles. The Kier molecular flexibility index (Phi) is 3.11. The molecule has 0 bridgehead atoms. The van der Waals surface area contributed by atoms with Gasteiger partial charge < -0.3 is 10.2 Å². The predicted octanol–water partition coefficient (Wildman–Crippen LogP) is 3.66. The summed E-state index contributed by atoms with van der Waals surface area (Å²) >= 11 is 0. The van der Waals surface area contributed by atoms with E-state index < -0.39 is 0 Å². The van der Waals surface area contributed by atoms with Gasteiger partial charge in [-0.1, -0.05) is 31.2 Å². The van der Waals surface area contributed by atoms with E-state index in [0.29, 0.717) is 0 Å². The van der Waals surface area contributed by atoms with Crippen molar-refractivity contribution in [1.29, 1.82) is 0 Å². The highest BCUT2D eigenvalue weighted by Crippen LogP contribution is 2.27. The molecule has 2 rings (SSSR count). The third kappa shape index (κ3) is 2.02. The van der Waals surface area contributed by atoms with Crippen LogP contribution in [-0.2, 0) is 0 Å². The summed E-state index contributed by atoms with van der Waals surface area (Å²) in [6.45, 7) is 4.14. The normalized spacial score (nSPS) is 12.7. The summed E-state index contributed by atoms with van der Waals surface area (Å²) in [5.74, 6) is 1.76. The molecule has 84 valence electrons. The lowest BCUT2D eigenvalue weighted by Crippen LogP contribution is -2.06. The molecule has 2 nitrogen and oxygen atoms in total. The van der Waals surface area contributed by atoms with E-state index in [1.54, 1.807) is 0 Å². The maximum absolute atomic E-state index is 5.93. The Hall–Kier alpha value is -1.54. The first-order valence-electron chi connectivity index (χ1n) is 5.63. The quantitative estimate of drug-likeness (QED) is 0.848. The second-order valence-electron chi connectivity index (χ2n) is 4.03. The van der Waals surface area contributed by atoms with Crippen molar-refractivity contribution in [2.45, 2.75) is 26.3 Å². The molecule has 0 aliphatic rings. The minimum atomic E-state index is -0.00207. The van der Waals surface area contributed by atoms with Crippen LogP contribution in [0.25, 0.3) is 11.3 Å². The third-order valence-electron chi connectivity index (χ3n) is 2.84. The molecule has 0 saturated carbocycles. The summed E-state index contributed by atoms with van der Waals surface area (Å²) < 4.78 is 5.78. The fourth-order valence-electron chi connectivity index (χ4n) is 1.75. The molecule has 1 heterocycles. The van der Waals surface area contributed by atoms with Crippen molar-refractivity contribution in [2.75, 3.05) is 0 Å². The Balaban J connectivity index is 2.35. The molecule has 0 fully saturated rings. The molecule has 1 aromatic carbocycles. The van der Waals surface area contributed by atoms with Gasteiger partial charge >= 0.3 is 0 Å². The number of rotatable bonds is 3. The highest BCUT2D eigenvalue weighted by molar-refractivity contribution is 5.61. The summed E-state index contributed by atoms with van der Waals surface area (Å²) in [4.78, 5) is 0. The van der Waals surface area contributed by atoms with Gasteiger partial charge in [0.15, 0.2) is 0 Å². The molecule has 16 heavy (non-hydrogen) atoms.